The Labute approximate surface area is 193 Å². The van der Waals surface area contributed by atoms with E-state index in [0.29, 0.717) is 30.5 Å². The Morgan fingerprint density at radius 1 is 1.21 bits per heavy atom. The summed E-state index contributed by atoms with van der Waals surface area (Å²) in [4.78, 5) is 12.4. The maximum atomic E-state index is 13.5. The molecule has 2 aliphatic carbocycles. The van der Waals surface area contributed by atoms with E-state index >= 15 is 0 Å². The number of halogens is 4. The molecule has 2 aromatic carbocycles. The molecule has 0 aliphatic heterocycles. The molecular weight excluding hydrogens is 479 g/mol. The van der Waals surface area contributed by atoms with Crippen LogP contribution in [0.2, 0.25) is 5.02 Å². The van der Waals surface area contributed by atoms with Gasteiger partial charge in [0.25, 0.3) is 5.91 Å². The molecule has 0 saturated heterocycles. The van der Waals surface area contributed by atoms with Crippen molar-refractivity contribution in [2.24, 2.45) is 5.92 Å². The number of hydrogen-bond acceptors (Lipinski definition) is 4. The van der Waals surface area contributed by atoms with Crippen molar-refractivity contribution in [3.05, 3.63) is 68.8 Å². The van der Waals surface area contributed by atoms with E-state index in [9.17, 15) is 31.5 Å². The lowest BCUT2D eigenvalue weighted by molar-refractivity contribution is 0.0782. The van der Waals surface area contributed by atoms with Crippen LogP contribution < -0.4 is 5.32 Å². The Balaban J connectivity index is 1.69. The van der Waals surface area contributed by atoms with Gasteiger partial charge in [0.05, 0.1) is 14.8 Å². The van der Waals surface area contributed by atoms with E-state index in [1.807, 2.05) is 0 Å². The van der Waals surface area contributed by atoms with Gasteiger partial charge in [-0.1, -0.05) is 23.1 Å². The maximum absolute atomic E-state index is 13.5. The van der Waals surface area contributed by atoms with E-state index in [0.717, 1.165) is 6.07 Å². The third-order valence-electron chi connectivity index (χ3n) is 5.89. The summed E-state index contributed by atoms with van der Waals surface area (Å²) in [5.41, 5.74) is -1.35. The molecule has 0 heterocycles. The number of fused-ring (bicyclic) bond motifs is 1. The smallest absolute Gasteiger partial charge is 0.255 e. The number of amides is 1. The quantitative estimate of drug-likeness (QED) is 0.479. The van der Waals surface area contributed by atoms with Crippen LogP contribution in [0.1, 0.15) is 36.0 Å². The Hall–Kier alpha value is -2.80. The summed E-state index contributed by atoms with van der Waals surface area (Å²) in [6, 6.07) is 4.74. The van der Waals surface area contributed by atoms with E-state index in [2.05, 4.69) is 11.2 Å². The van der Waals surface area contributed by atoms with E-state index in [4.69, 9.17) is 18.0 Å². The van der Waals surface area contributed by atoms with Crippen LogP contribution in [0, 0.1) is 35.7 Å². The minimum absolute atomic E-state index is 0.0358. The standard InChI is InChI=1S/C23H17ClF3NO4S/c1-2-23(30)10-13-3-4-14(11-23)21(13)33(31,32)19-7-12(5-6-16(19)24)22(29)28-15-8-17(25)20(27)18(26)9-15/h1,5-9,13,30H,3-4,10-11H2,(H,28,29)/t13?,23-/m0/s1. The molecule has 2 bridgehead atoms. The Kier molecular flexibility index (Phi) is 5.81. The van der Waals surface area contributed by atoms with Crippen LogP contribution >= 0.6 is 11.6 Å². The second-order valence-electron chi connectivity index (χ2n) is 8.12. The first-order chi connectivity index (χ1) is 15.4. The molecule has 0 saturated carbocycles. The topological polar surface area (TPSA) is 83.5 Å². The van der Waals surface area contributed by atoms with Gasteiger partial charge in [-0.2, -0.15) is 0 Å². The average Bonchev–Trinajstić information content (AvgIpc) is 3.05. The van der Waals surface area contributed by atoms with Crippen molar-refractivity contribution in [1.82, 2.24) is 0 Å². The Bertz CT molecular complexity index is 1340. The number of anilines is 1. The molecule has 2 atom stereocenters. The molecule has 1 unspecified atom stereocenters. The van der Waals surface area contributed by atoms with Crippen molar-refractivity contribution >= 4 is 33.0 Å². The van der Waals surface area contributed by atoms with Crippen LogP contribution in [0.5, 0.6) is 0 Å². The van der Waals surface area contributed by atoms with Crippen molar-refractivity contribution in [2.45, 2.75) is 36.2 Å². The lowest BCUT2D eigenvalue weighted by Crippen LogP contribution is -2.34. The zero-order chi connectivity index (χ0) is 24.1. The molecule has 2 aromatic rings. The number of nitrogens with one attached hydrogen (secondary N) is 1. The van der Waals surface area contributed by atoms with E-state index in [-0.39, 0.29) is 38.9 Å². The second-order valence-corrected chi connectivity index (χ2v) is 10.4. The third kappa shape index (κ3) is 4.14. The van der Waals surface area contributed by atoms with Crippen molar-refractivity contribution in [3.8, 4) is 12.3 Å². The number of carbonyl (C=O) groups excluding carboxylic acids is 1. The lowest BCUT2D eigenvalue weighted by Gasteiger charge is -2.31. The summed E-state index contributed by atoms with van der Waals surface area (Å²) in [7, 11) is -4.12. The zero-order valence-electron chi connectivity index (χ0n) is 17.0. The fraction of sp³-hybridized carbons (Fsp3) is 0.261. The minimum atomic E-state index is -4.12. The molecule has 2 N–H and O–H groups in total. The number of rotatable bonds is 4. The van der Waals surface area contributed by atoms with Crippen LogP contribution in [0.4, 0.5) is 18.9 Å². The highest BCUT2D eigenvalue weighted by molar-refractivity contribution is 7.95. The highest BCUT2D eigenvalue weighted by Crippen LogP contribution is 2.50. The van der Waals surface area contributed by atoms with Gasteiger partial charge in [0.2, 0.25) is 9.84 Å². The predicted octanol–water partition coefficient (Wildman–Crippen LogP) is 4.61. The molecule has 33 heavy (non-hydrogen) atoms. The highest BCUT2D eigenvalue weighted by Gasteiger charge is 2.46. The first kappa shape index (κ1) is 23.4. The van der Waals surface area contributed by atoms with E-state index in [1.54, 1.807) is 0 Å². The third-order valence-corrected chi connectivity index (χ3v) is 8.45. The van der Waals surface area contributed by atoms with Crippen LogP contribution in [-0.2, 0) is 9.84 Å². The zero-order valence-corrected chi connectivity index (χ0v) is 18.5. The number of hydrogen-bond donors (Lipinski definition) is 2. The van der Waals surface area contributed by atoms with Gasteiger partial charge in [-0.05, 0) is 43.4 Å². The molecule has 0 aromatic heterocycles. The van der Waals surface area contributed by atoms with Crippen molar-refractivity contribution in [1.29, 1.82) is 0 Å². The molecule has 4 rings (SSSR count). The minimum Gasteiger partial charge on any atom is -0.377 e. The van der Waals surface area contributed by atoms with Gasteiger partial charge in [0.15, 0.2) is 17.5 Å². The molecular formula is C23H17ClF3NO4S. The van der Waals surface area contributed by atoms with Gasteiger partial charge >= 0.3 is 0 Å². The summed E-state index contributed by atoms with van der Waals surface area (Å²) in [5.74, 6) is -3.67. The Morgan fingerprint density at radius 2 is 1.88 bits per heavy atom. The molecule has 172 valence electrons. The monoisotopic (exact) mass is 495 g/mol. The fourth-order valence-corrected chi connectivity index (χ4v) is 6.87. The van der Waals surface area contributed by atoms with E-state index in [1.165, 1.54) is 12.1 Å². The number of aliphatic hydroxyl groups is 1. The van der Waals surface area contributed by atoms with Crippen molar-refractivity contribution < 1.29 is 31.5 Å². The summed E-state index contributed by atoms with van der Waals surface area (Å²) in [5, 5.41) is 12.5. The van der Waals surface area contributed by atoms with Gasteiger partial charge in [0, 0.05) is 29.8 Å². The van der Waals surface area contributed by atoms with Gasteiger partial charge in [-0.15, -0.1) is 6.42 Å². The lowest BCUT2D eigenvalue weighted by atomic mass is 9.84. The first-order valence-electron chi connectivity index (χ1n) is 9.88. The predicted molar refractivity (Wildman–Crippen MR) is 116 cm³/mol. The van der Waals surface area contributed by atoms with Gasteiger partial charge in [-0.3, -0.25) is 4.79 Å². The first-order valence-corrected chi connectivity index (χ1v) is 11.7. The molecule has 2 aliphatic rings. The van der Waals surface area contributed by atoms with Crippen molar-refractivity contribution in [3.63, 3.8) is 0 Å². The van der Waals surface area contributed by atoms with Gasteiger partial charge in [0.1, 0.15) is 5.60 Å². The summed E-state index contributed by atoms with van der Waals surface area (Å²) in [6.45, 7) is 0. The molecule has 10 heteroatoms. The summed E-state index contributed by atoms with van der Waals surface area (Å²) < 4.78 is 67.0. The molecule has 0 radical (unpaired) electrons. The maximum Gasteiger partial charge on any atom is 0.255 e. The van der Waals surface area contributed by atoms with Crippen LogP contribution in [-0.4, -0.2) is 25.0 Å². The molecule has 0 fully saturated rings. The summed E-state index contributed by atoms with van der Waals surface area (Å²) >= 11 is 6.17. The molecule has 5 nitrogen and oxygen atoms in total. The molecule has 0 spiro atoms. The number of sulfone groups is 1. The van der Waals surface area contributed by atoms with Crippen LogP contribution in [0.15, 0.2) is 45.7 Å². The SMILES string of the molecule is C#C[C@@]1(O)CC2=C(S(=O)(=O)c3cc(C(=O)Nc4cc(F)c(F)c(F)c4)ccc3Cl)C(CC2)C1. The summed E-state index contributed by atoms with van der Waals surface area (Å²) in [6.07, 6.45) is 6.55. The number of carbonyl (C=O) groups is 1. The fourth-order valence-electron chi connectivity index (χ4n) is 4.41. The van der Waals surface area contributed by atoms with Crippen molar-refractivity contribution in [2.75, 3.05) is 5.32 Å². The largest absolute Gasteiger partial charge is 0.377 e. The Morgan fingerprint density at radius 3 is 2.48 bits per heavy atom. The average molecular weight is 496 g/mol. The number of benzene rings is 2. The highest BCUT2D eigenvalue weighted by atomic mass is 35.5. The van der Waals surface area contributed by atoms with Gasteiger partial charge < -0.3 is 10.4 Å². The van der Waals surface area contributed by atoms with E-state index < -0.39 is 44.7 Å². The normalized spacial score (nSPS) is 22.2. The van der Waals surface area contributed by atoms with Crippen LogP contribution in [0.3, 0.4) is 0 Å². The second kappa shape index (κ2) is 8.20. The van der Waals surface area contributed by atoms with Gasteiger partial charge in [-0.25, -0.2) is 21.6 Å². The van der Waals surface area contributed by atoms with Crippen LogP contribution in [0.25, 0.3) is 0 Å². The number of allylic oxidation sites excluding steroid dienone is 1. The number of terminal acetylenes is 1. The molecule has 1 amide bonds.